The summed E-state index contributed by atoms with van der Waals surface area (Å²) >= 11 is 0. The number of methoxy groups -OCH3 is 1. The largest absolute Gasteiger partial charge is 0.383 e. The lowest BCUT2D eigenvalue weighted by Gasteiger charge is -2.32. The molecular weight excluding hydrogens is 378 g/mol. The van der Waals surface area contributed by atoms with E-state index < -0.39 is 0 Å². The average Bonchev–Trinajstić information content (AvgIpc) is 2.80. The number of fused-ring (bicyclic) bond motifs is 1. The second kappa shape index (κ2) is 9.73. The van der Waals surface area contributed by atoms with Crippen LogP contribution in [0, 0.1) is 0 Å². The molecule has 156 valence electrons. The molecule has 2 aromatic heterocycles. The van der Waals surface area contributed by atoms with Gasteiger partial charge in [0.1, 0.15) is 0 Å². The molecule has 0 aliphatic carbocycles. The Hall–Kier alpha value is -2.90. The Morgan fingerprint density at radius 3 is 2.77 bits per heavy atom. The fourth-order valence-electron chi connectivity index (χ4n) is 3.86. The maximum atomic E-state index is 12.8. The lowest BCUT2D eigenvalue weighted by atomic mass is 10.0. The molecule has 1 aliphatic heterocycles. The summed E-state index contributed by atoms with van der Waals surface area (Å²) < 4.78 is 5.08. The van der Waals surface area contributed by atoms with Crippen LogP contribution in [0.5, 0.6) is 0 Å². The van der Waals surface area contributed by atoms with Gasteiger partial charge in [0, 0.05) is 62.3 Å². The summed E-state index contributed by atoms with van der Waals surface area (Å²) in [4.78, 5) is 27.8. The van der Waals surface area contributed by atoms with Gasteiger partial charge in [-0.25, -0.2) is 0 Å². The summed E-state index contributed by atoms with van der Waals surface area (Å²) in [7, 11) is 1.71. The van der Waals surface area contributed by atoms with Crippen molar-refractivity contribution in [1.29, 1.82) is 0 Å². The summed E-state index contributed by atoms with van der Waals surface area (Å²) in [5, 5.41) is 5.58. The van der Waals surface area contributed by atoms with Gasteiger partial charge in [0.05, 0.1) is 30.6 Å². The number of nitrogens with one attached hydrogen (secondary N) is 1. The van der Waals surface area contributed by atoms with Crippen molar-refractivity contribution in [2.24, 2.45) is 0 Å². The number of amides is 1. The number of hydrogen-bond donors (Lipinski definition) is 1. The molecule has 1 aliphatic rings. The van der Waals surface area contributed by atoms with Gasteiger partial charge < -0.3 is 15.0 Å². The molecule has 0 atom stereocenters. The van der Waals surface area contributed by atoms with E-state index in [1.807, 2.05) is 29.3 Å². The molecule has 4 rings (SSSR count). The van der Waals surface area contributed by atoms with Gasteiger partial charge in [-0.15, -0.1) is 0 Å². The molecule has 1 saturated heterocycles. The molecule has 0 unspecified atom stereocenters. The fourth-order valence-corrected chi connectivity index (χ4v) is 3.86. The van der Waals surface area contributed by atoms with E-state index in [9.17, 15) is 4.79 Å². The van der Waals surface area contributed by atoms with Crippen LogP contribution in [0.1, 0.15) is 18.5 Å². The highest BCUT2D eigenvalue weighted by Gasteiger charge is 2.22. The first-order chi connectivity index (χ1) is 14.7. The van der Waals surface area contributed by atoms with Crippen molar-refractivity contribution in [3.8, 4) is 11.3 Å². The topological polar surface area (TPSA) is 80.2 Å². The third-order valence-corrected chi connectivity index (χ3v) is 5.56. The van der Waals surface area contributed by atoms with Crippen LogP contribution in [-0.4, -0.2) is 65.2 Å². The van der Waals surface area contributed by atoms with Crippen LogP contribution < -0.4 is 5.32 Å². The highest BCUT2D eigenvalue weighted by molar-refractivity contribution is 5.87. The van der Waals surface area contributed by atoms with E-state index in [1.165, 1.54) is 0 Å². The SMILES string of the molecule is COCCNC1CCN(C(=O)Cc2cc3cc(-c4cnccn4)ccc3cn2)CC1. The summed E-state index contributed by atoms with van der Waals surface area (Å²) in [6.45, 7) is 3.14. The van der Waals surface area contributed by atoms with E-state index in [2.05, 4.69) is 26.3 Å². The second-order valence-corrected chi connectivity index (χ2v) is 7.61. The Kier molecular flexibility index (Phi) is 6.61. The molecule has 0 saturated carbocycles. The average molecular weight is 406 g/mol. The molecule has 7 heteroatoms. The molecule has 1 fully saturated rings. The summed E-state index contributed by atoms with van der Waals surface area (Å²) in [6, 6.07) is 8.59. The van der Waals surface area contributed by atoms with E-state index in [4.69, 9.17) is 4.74 Å². The van der Waals surface area contributed by atoms with Crippen molar-refractivity contribution in [2.75, 3.05) is 33.4 Å². The Morgan fingerprint density at radius 2 is 2.00 bits per heavy atom. The van der Waals surface area contributed by atoms with Crippen LogP contribution in [0.3, 0.4) is 0 Å². The Morgan fingerprint density at radius 1 is 1.13 bits per heavy atom. The predicted molar refractivity (Wildman–Crippen MR) is 116 cm³/mol. The predicted octanol–water partition coefficient (Wildman–Crippen LogP) is 2.46. The molecule has 3 aromatic rings. The molecule has 0 bridgehead atoms. The smallest absolute Gasteiger partial charge is 0.228 e. The molecule has 3 heterocycles. The van der Waals surface area contributed by atoms with Gasteiger partial charge in [-0.2, -0.15) is 0 Å². The van der Waals surface area contributed by atoms with Crippen LogP contribution in [-0.2, 0) is 16.0 Å². The number of hydrogen-bond acceptors (Lipinski definition) is 6. The van der Waals surface area contributed by atoms with Gasteiger partial charge in [0.15, 0.2) is 0 Å². The summed E-state index contributed by atoms with van der Waals surface area (Å²) in [5.41, 5.74) is 2.63. The molecule has 0 radical (unpaired) electrons. The van der Waals surface area contributed by atoms with E-state index in [0.717, 1.165) is 60.2 Å². The normalized spacial score (nSPS) is 14.9. The van der Waals surface area contributed by atoms with Crippen molar-refractivity contribution in [2.45, 2.75) is 25.3 Å². The van der Waals surface area contributed by atoms with Gasteiger partial charge in [-0.3, -0.25) is 19.7 Å². The minimum atomic E-state index is 0.141. The molecule has 1 aromatic carbocycles. The quantitative estimate of drug-likeness (QED) is 0.608. The first-order valence-electron chi connectivity index (χ1n) is 10.4. The number of likely N-dealkylation sites (tertiary alicyclic amines) is 1. The van der Waals surface area contributed by atoms with Crippen molar-refractivity contribution < 1.29 is 9.53 Å². The monoisotopic (exact) mass is 405 g/mol. The van der Waals surface area contributed by atoms with E-state index >= 15 is 0 Å². The van der Waals surface area contributed by atoms with E-state index in [0.29, 0.717) is 19.1 Å². The number of piperidine rings is 1. The molecule has 0 spiro atoms. The van der Waals surface area contributed by atoms with E-state index in [-0.39, 0.29) is 5.91 Å². The molecule has 1 N–H and O–H groups in total. The third-order valence-electron chi connectivity index (χ3n) is 5.56. The van der Waals surface area contributed by atoms with Gasteiger partial charge >= 0.3 is 0 Å². The zero-order chi connectivity index (χ0) is 20.8. The first-order valence-corrected chi connectivity index (χ1v) is 10.4. The van der Waals surface area contributed by atoms with Crippen molar-refractivity contribution in [3.05, 3.63) is 54.7 Å². The number of benzene rings is 1. The molecule has 1 amide bonds. The zero-order valence-corrected chi connectivity index (χ0v) is 17.3. The summed E-state index contributed by atoms with van der Waals surface area (Å²) in [5.74, 6) is 0.141. The number of rotatable bonds is 7. The molecule has 30 heavy (non-hydrogen) atoms. The van der Waals surface area contributed by atoms with Gasteiger partial charge in [-0.1, -0.05) is 12.1 Å². The number of aromatic nitrogens is 3. The van der Waals surface area contributed by atoms with Crippen LogP contribution in [0.15, 0.2) is 49.1 Å². The van der Waals surface area contributed by atoms with Gasteiger partial charge in [0.25, 0.3) is 0 Å². The van der Waals surface area contributed by atoms with Crippen molar-refractivity contribution >= 4 is 16.7 Å². The number of ether oxygens (including phenoxy) is 1. The van der Waals surface area contributed by atoms with Crippen molar-refractivity contribution in [1.82, 2.24) is 25.2 Å². The zero-order valence-electron chi connectivity index (χ0n) is 17.3. The minimum Gasteiger partial charge on any atom is -0.383 e. The maximum absolute atomic E-state index is 12.8. The Bertz CT molecular complexity index is 987. The maximum Gasteiger partial charge on any atom is 0.228 e. The number of carbonyl (C=O) groups is 1. The van der Waals surface area contributed by atoms with Crippen LogP contribution in [0.4, 0.5) is 0 Å². The van der Waals surface area contributed by atoms with Gasteiger partial charge in [0.2, 0.25) is 5.91 Å². The highest BCUT2D eigenvalue weighted by atomic mass is 16.5. The first kappa shape index (κ1) is 20.4. The number of nitrogens with zero attached hydrogens (tertiary/aromatic N) is 4. The second-order valence-electron chi connectivity index (χ2n) is 7.61. The lowest BCUT2D eigenvalue weighted by Crippen LogP contribution is -2.46. The standard InChI is InChI=1S/C23H27N5O2/c1-30-11-8-25-20-4-9-28(10-5-20)23(29)14-21-13-19-12-17(2-3-18(19)15-27-21)22-16-24-6-7-26-22/h2-3,6-7,12-13,15-16,20,25H,4-5,8-11,14H2,1H3. The van der Waals surface area contributed by atoms with Crippen molar-refractivity contribution in [3.63, 3.8) is 0 Å². The minimum absolute atomic E-state index is 0.141. The molecular formula is C23H27N5O2. The number of carbonyl (C=O) groups excluding carboxylic acids is 1. The number of pyridine rings is 1. The Balaban J connectivity index is 1.39. The lowest BCUT2D eigenvalue weighted by molar-refractivity contribution is -0.131. The third kappa shape index (κ3) is 4.98. The highest BCUT2D eigenvalue weighted by Crippen LogP contribution is 2.23. The van der Waals surface area contributed by atoms with Crippen LogP contribution in [0.25, 0.3) is 22.0 Å². The van der Waals surface area contributed by atoms with E-state index in [1.54, 1.807) is 25.7 Å². The van der Waals surface area contributed by atoms with Crippen LogP contribution in [0.2, 0.25) is 0 Å². The fraction of sp³-hybridized carbons (Fsp3) is 0.391. The summed E-state index contributed by atoms with van der Waals surface area (Å²) in [6.07, 6.45) is 9.21. The Labute approximate surface area is 176 Å². The van der Waals surface area contributed by atoms with Gasteiger partial charge in [-0.05, 0) is 30.4 Å². The molecule has 7 nitrogen and oxygen atoms in total. The van der Waals surface area contributed by atoms with Crippen LogP contribution >= 0.6 is 0 Å².